The van der Waals surface area contributed by atoms with Crippen molar-refractivity contribution in [3.63, 3.8) is 0 Å². The third-order valence-electron chi connectivity index (χ3n) is 4.87. The lowest BCUT2D eigenvalue weighted by Gasteiger charge is -2.22. The molecule has 140 valence electrons. The Hall–Kier alpha value is -3.54. The second kappa shape index (κ2) is 7.60. The number of aromatic nitrogens is 2. The van der Waals surface area contributed by atoms with Crippen LogP contribution in [0.2, 0.25) is 0 Å². The van der Waals surface area contributed by atoms with Gasteiger partial charge in [0, 0.05) is 42.4 Å². The van der Waals surface area contributed by atoms with Gasteiger partial charge in [-0.1, -0.05) is 18.2 Å². The number of fused-ring (bicyclic) bond motifs is 1. The van der Waals surface area contributed by atoms with Crippen molar-refractivity contribution in [3.8, 4) is 0 Å². The highest BCUT2D eigenvalue weighted by molar-refractivity contribution is 6.07. The largest absolute Gasteiger partial charge is 0.348 e. The molecule has 1 N–H and O–H groups in total. The number of para-hydroxylation sites is 1. The van der Waals surface area contributed by atoms with Gasteiger partial charge in [0.2, 0.25) is 0 Å². The first-order valence-electron chi connectivity index (χ1n) is 9.18. The Morgan fingerprint density at radius 2 is 1.89 bits per heavy atom. The first-order valence-corrected chi connectivity index (χ1v) is 9.18. The van der Waals surface area contributed by atoms with Gasteiger partial charge in [0.05, 0.1) is 0 Å². The molecule has 4 rings (SSSR count). The maximum Gasteiger partial charge on any atom is 0.277 e. The first-order chi connectivity index (χ1) is 13.6. The van der Waals surface area contributed by atoms with E-state index in [2.05, 4.69) is 15.3 Å². The average Bonchev–Trinajstić information content (AvgIpc) is 3.08. The molecule has 3 aromatic rings. The Morgan fingerprint density at radius 3 is 2.71 bits per heavy atom. The Balaban J connectivity index is 1.52. The maximum absolute atomic E-state index is 13.1. The number of amides is 2. The van der Waals surface area contributed by atoms with Crippen molar-refractivity contribution in [2.75, 3.05) is 4.90 Å². The third-order valence-corrected chi connectivity index (χ3v) is 4.87. The smallest absolute Gasteiger partial charge is 0.277 e. The predicted octanol–water partition coefficient (Wildman–Crippen LogP) is 3.00. The van der Waals surface area contributed by atoms with Gasteiger partial charge in [0.1, 0.15) is 5.69 Å². The van der Waals surface area contributed by atoms with Gasteiger partial charge in [0.15, 0.2) is 0 Å². The topological polar surface area (TPSA) is 75.2 Å². The Kier molecular flexibility index (Phi) is 4.85. The van der Waals surface area contributed by atoms with E-state index < -0.39 is 0 Å². The number of anilines is 1. The van der Waals surface area contributed by atoms with Crippen LogP contribution in [0, 0.1) is 0 Å². The molecular weight excluding hydrogens is 352 g/mol. The molecule has 6 heteroatoms. The summed E-state index contributed by atoms with van der Waals surface area (Å²) in [7, 11) is 0. The molecule has 0 bridgehead atoms. The van der Waals surface area contributed by atoms with Gasteiger partial charge in [-0.3, -0.25) is 19.6 Å². The molecule has 1 unspecified atom stereocenters. The summed E-state index contributed by atoms with van der Waals surface area (Å²) in [6, 6.07) is 14.8. The molecule has 2 aromatic heterocycles. The van der Waals surface area contributed by atoms with Crippen LogP contribution in [0.5, 0.6) is 0 Å². The molecule has 1 aliphatic heterocycles. The molecule has 1 atom stereocenters. The van der Waals surface area contributed by atoms with Crippen molar-refractivity contribution in [1.29, 1.82) is 0 Å². The van der Waals surface area contributed by atoms with Crippen LogP contribution in [0.4, 0.5) is 5.69 Å². The zero-order valence-corrected chi connectivity index (χ0v) is 15.5. The van der Waals surface area contributed by atoms with Crippen LogP contribution in [0.3, 0.4) is 0 Å². The standard InChI is InChI=1S/C22H20N4O2/c1-15-12-17-4-2-3-5-20(17)26(15)22(28)19-13-18(8-11-24-19)21(27)25-14-16-6-9-23-10-7-16/h2-11,13,15H,12,14H2,1H3,(H,25,27). The summed E-state index contributed by atoms with van der Waals surface area (Å²) < 4.78 is 0. The molecule has 0 saturated heterocycles. The molecule has 3 heterocycles. The van der Waals surface area contributed by atoms with Gasteiger partial charge in [-0.25, -0.2) is 0 Å². The normalized spacial score (nSPS) is 15.2. The molecule has 1 aromatic carbocycles. The number of hydrogen-bond donors (Lipinski definition) is 1. The quantitative estimate of drug-likeness (QED) is 0.764. The van der Waals surface area contributed by atoms with E-state index in [4.69, 9.17) is 0 Å². The van der Waals surface area contributed by atoms with Gasteiger partial charge in [-0.05, 0) is 54.8 Å². The van der Waals surface area contributed by atoms with Crippen molar-refractivity contribution >= 4 is 17.5 Å². The number of rotatable bonds is 4. The summed E-state index contributed by atoms with van der Waals surface area (Å²) in [6.45, 7) is 2.41. The number of nitrogens with zero attached hydrogens (tertiary/aromatic N) is 3. The van der Waals surface area contributed by atoms with E-state index in [1.54, 1.807) is 29.4 Å². The molecule has 0 saturated carbocycles. The number of nitrogens with one attached hydrogen (secondary N) is 1. The fraction of sp³-hybridized carbons (Fsp3) is 0.182. The minimum atomic E-state index is -0.247. The Labute approximate surface area is 163 Å². The summed E-state index contributed by atoms with van der Waals surface area (Å²) in [5, 5.41) is 2.86. The molecule has 0 aliphatic carbocycles. The van der Waals surface area contributed by atoms with Crippen molar-refractivity contribution in [2.45, 2.75) is 25.9 Å². The maximum atomic E-state index is 13.1. The van der Waals surface area contributed by atoms with Gasteiger partial charge in [0.25, 0.3) is 11.8 Å². The predicted molar refractivity (Wildman–Crippen MR) is 106 cm³/mol. The van der Waals surface area contributed by atoms with Gasteiger partial charge >= 0.3 is 0 Å². The van der Waals surface area contributed by atoms with Crippen LogP contribution >= 0.6 is 0 Å². The lowest BCUT2D eigenvalue weighted by atomic mass is 10.1. The highest BCUT2D eigenvalue weighted by Crippen LogP contribution is 2.32. The highest BCUT2D eigenvalue weighted by Gasteiger charge is 2.32. The summed E-state index contributed by atoms with van der Waals surface area (Å²) >= 11 is 0. The van der Waals surface area contributed by atoms with Crippen molar-refractivity contribution in [3.05, 3.63) is 89.5 Å². The highest BCUT2D eigenvalue weighted by atomic mass is 16.2. The summed E-state index contributed by atoms with van der Waals surface area (Å²) in [5.41, 5.74) is 3.69. The minimum Gasteiger partial charge on any atom is -0.348 e. The van der Waals surface area contributed by atoms with Crippen LogP contribution in [0.25, 0.3) is 0 Å². The van der Waals surface area contributed by atoms with E-state index in [0.717, 1.165) is 23.2 Å². The van der Waals surface area contributed by atoms with Gasteiger partial charge in [-0.2, -0.15) is 0 Å². The molecule has 0 fully saturated rings. The van der Waals surface area contributed by atoms with Crippen LogP contribution < -0.4 is 10.2 Å². The summed E-state index contributed by atoms with van der Waals surface area (Å²) in [4.78, 5) is 35.5. The second-order valence-corrected chi connectivity index (χ2v) is 6.82. The summed E-state index contributed by atoms with van der Waals surface area (Å²) in [5.74, 6) is -0.440. The van der Waals surface area contributed by atoms with Gasteiger partial charge in [-0.15, -0.1) is 0 Å². The zero-order valence-electron chi connectivity index (χ0n) is 15.5. The van der Waals surface area contributed by atoms with Crippen molar-refractivity contribution in [2.24, 2.45) is 0 Å². The van der Waals surface area contributed by atoms with E-state index in [0.29, 0.717) is 12.1 Å². The molecule has 1 aliphatic rings. The number of pyridine rings is 2. The minimum absolute atomic E-state index is 0.0517. The van der Waals surface area contributed by atoms with Crippen LogP contribution in [0.15, 0.2) is 67.1 Å². The fourth-order valence-corrected chi connectivity index (χ4v) is 3.47. The molecule has 0 radical (unpaired) electrons. The third kappa shape index (κ3) is 3.49. The second-order valence-electron chi connectivity index (χ2n) is 6.82. The van der Waals surface area contributed by atoms with Crippen molar-refractivity contribution in [1.82, 2.24) is 15.3 Å². The number of benzene rings is 1. The number of hydrogen-bond acceptors (Lipinski definition) is 4. The number of carbonyl (C=O) groups excluding carboxylic acids is 2. The Morgan fingerprint density at radius 1 is 1.11 bits per heavy atom. The first kappa shape index (κ1) is 17.9. The lowest BCUT2D eigenvalue weighted by Crippen LogP contribution is -2.36. The van der Waals surface area contributed by atoms with E-state index in [-0.39, 0.29) is 23.6 Å². The van der Waals surface area contributed by atoms with Crippen molar-refractivity contribution < 1.29 is 9.59 Å². The van der Waals surface area contributed by atoms with Crippen LogP contribution in [0.1, 0.15) is 38.9 Å². The molecule has 0 spiro atoms. The van der Waals surface area contributed by atoms with Crippen LogP contribution in [-0.2, 0) is 13.0 Å². The van der Waals surface area contributed by atoms with E-state index in [1.165, 1.54) is 6.20 Å². The SMILES string of the molecule is CC1Cc2ccccc2N1C(=O)c1cc(C(=O)NCc2ccncc2)ccn1. The Bertz CT molecular complexity index is 1020. The molecule has 28 heavy (non-hydrogen) atoms. The van der Waals surface area contributed by atoms with E-state index >= 15 is 0 Å². The number of carbonyl (C=O) groups is 2. The molecule has 2 amide bonds. The van der Waals surface area contributed by atoms with E-state index in [9.17, 15) is 9.59 Å². The fourth-order valence-electron chi connectivity index (χ4n) is 3.47. The molecule has 6 nitrogen and oxygen atoms in total. The lowest BCUT2D eigenvalue weighted by molar-refractivity contribution is 0.0950. The monoisotopic (exact) mass is 372 g/mol. The van der Waals surface area contributed by atoms with E-state index in [1.807, 2.05) is 43.3 Å². The molecular formula is C22H20N4O2. The zero-order chi connectivity index (χ0) is 19.5. The van der Waals surface area contributed by atoms with Gasteiger partial charge < -0.3 is 10.2 Å². The van der Waals surface area contributed by atoms with Crippen LogP contribution in [-0.4, -0.2) is 27.8 Å². The average molecular weight is 372 g/mol. The summed E-state index contributed by atoms with van der Waals surface area (Å²) in [6.07, 6.45) is 5.68.